The van der Waals surface area contributed by atoms with E-state index in [1.165, 1.54) is 12.8 Å². The summed E-state index contributed by atoms with van der Waals surface area (Å²) in [5.74, 6) is 0.674. The first-order valence-electron chi connectivity index (χ1n) is 8.26. The first-order valence-corrected chi connectivity index (χ1v) is 8.26. The van der Waals surface area contributed by atoms with Crippen LogP contribution in [0.3, 0.4) is 0 Å². The summed E-state index contributed by atoms with van der Waals surface area (Å²) < 4.78 is 5.33. The van der Waals surface area contributed by atoms with Gasteiger partial charge in [-0.1, -0.05) is 12.8 Å². The monoisotopic (exact) mass is 296 g/mol. The second-order valence-electron chi connectivity index (χ2n) is 6.30. The number of carbonyl (C=O) groups excluding carboxylic acids is 2. The average Bonchev–Trinajstić information content (AvgIpc) is 2.83. The summed E-state index contributed by atoms with van der Waals surface area (Å²) in [5.41, 5.74) is 0. The number of carbonyl (C=O) groups is 2. The number of nitrogens with zero attached hydrogens (tertiary/aromatic N) is 2. The van der Waals surface area contributed by atoms with Gasteiger partial charge in [-0.3, -0.25) is 9.59 Å². The standard InChI is InChI=1S/C16H28N2O3/c1-17(12-14-8-11-21-13-14)15(19)6-7-16(20)18-9-4-2-3-5-10-18/h14H,2-13H2,1H3/t14-/m0/s1. The van der Waals surface area contributed by atoms with Gasteiger partial charge >= 0.3 is 0 Å². The fourth-order valence-electron chi connectivity index (χ4n) is 3.10. The summed E-state index contributed by atoms with van der Waals surface area (Å²) in [5, 5.41) is 0. The van der Waals surface area contributed by atoms with E-state index < -0.39 is 0 Å². The van der Waals surface area contributed by atoms with Crippen LogP contribution in [0, 0.1) is 5.92 Å². The van der Waals surface area contributed by atoms with Crippen LogP contribution < -0.4 is 0 Å². The number of rotatable bonds is 5. The maximum absolute atomic E-state index is 12.2. The summed E-state index contributed by atoms with van der Waals surface area (Å²) in [6.45, 7) is 4.03. The lowest BCUT2D eigenvalue weighted by Crippen LogP contribution is -2.35. The van der Waals surface area contributed by atoms with Gasteiger partial charge in [-0.15, -0.1) is 0 Å². The molecular weight excluding hydrogens is 268 g/mol. The molecule has 0 bridgehead atoms. The third-order valence-corrected chi connectivity index (χ3v) is 4.49. The summed E-state index contributed by atoms with van der Waals surface area (Å²) in [6.07, 6.45) is 6.35. The normalized spacial score (nSPS) is 22.9. The van der Waals surface area contributed by atoms with Gasteiger partial charge in [0.1, 0.15) is 0 Å². The molecule has 2 aliphatic heterocycles. The van der Waals surface area contributed by atoms with Gasteiger partial charge in [-0.2, -0.15) is 0 Å². The maximum Gasteiger partial charge on any atom is 0.223 e. The Morgan fingerprint density at radius 2 is 1.86 bits per heavy atom. The van der Waals surface area contributed by atoms with Crippen LogP contribution in [-0.2, 0) is 14.3 Å². The molecular formula is C16H28N2O3. The Hall–Kier alpha value is -1.10. The zero-order chi connectivity index (χ0) is 15.1. The first kappa shape index (κ1) is 16.3. The molecule has 5 nitrogen and oxygen atoms in total. The Bertz CT molecular complexity index is 345. The molecule has 0 unspecified atom stereocenters. The zero-order valence-electron chi connectivity index (χ0n) is 13.2. The quantitative estimate of drug-likeness (QED) is 0.775. The van der Waals surface area contributed by atoms with Crippen LogP contribution in [0.2, 0.25) is 0 Å². The predicted molar refractivity (Wildman–Crippen MR) is 80.8 cm³/mol. The van der Waals surface area contributed by atoms with Crippen molar-refractivity contribution in [2.45, 2.75) is 44.9 Å². The lowest BCUT2D eigenvalue weighted by Gasteiger charge is -2.22. The van der Waals surface area contributed by atoms with Crippen LogP contribution in [0.15, 0.2) is 0 Å². The molecule has 120 valence electrons. The molecule has 2 fully saturated rings. The van der Waals surface area contributed by atoms with Gasteiger partial charge in [0, 0.05) is 52.0 Å². The Morgan fingerprint density at radius 3 is 2.48 bits per heavy atom. The Balaban J connectivity index is 1.68. The Morgan fingerprint density at radius 1 is 1.14 bits per heavy atom. The van der Waals surface area contributed by atoms with Gasteiger partial charge in [-0.25, -0.2) is 0 Å². The molecule has 0 aromatic carbocycles. The molecule has 2 rings (SSSR count). The Kier molecular flexibility index (Phi) is 6.49. The van der Waals surface area contributed by atoms with Gasteiger partial charge in [-0.05, 0) is 19.3 Å². The fraction of sp³-hybridized carbons (Fsp3) is 0.875. The van der Waals surface area contributed by atoms with Gasteiger partial charge < -0.3 is 14.5 Å². The number of hydrogen-bond donors (Lipinski definition) is 0. The molecule has 1 atom stereocenters. The smallest absolute Gasteiger partial charge is 0.223 e. The molecule has 0 spiro atoms. The van der Waals surface area contributed by atoms with Crippen LogP contribution in [-0.4, -0.2) is 61.5 Å². The maximum atomic E-state index is 12.2. The van der Waals surface area contributed by atoms with Crippen molar-refractivity contribution in [3.05, 3.63) is 0 Å². The molecule has 0 aromatic rings. The second kappa shape index (κ2) is 8.37. The molecule has 2 saturated heterocycles. The molecule has 21 heavy (non-hydrogen) atoms. The average molecular weight is 296 g/mol. The van der Waals surface area contributed by atoms with Crippen molar-refractivity contribution in [2.24, 2.45) is 5.92 Å². The minimum atomic E-state index is 0.0741. The first-order chi connectivity index (χ1) is 10.2. The lowest BCUT2D eigenvalue weighted by molar-refractivity contribution is -0.136. The largest absolute Gasteiger partial charge is 0.381 e. The molecule has 0 saturated carbocycles. The van der Waals surface area contributed by atoms with Crippen molar-refractivity contribution in [2.75, 3.05) is 39.9 Å². The van der Waals surface area contributed by atoms with Gasteiger partial charge in [0.15, 0.2) is 0 Å². The van der Waals surface area contributed by atoms with Crippen LogP contribution in [0.4, 0.5) is 0 Å². The van der Waals surface area contributed by atoms with Crippen molar-refractivity contribution in [1.82, 2.24) is 9.80 Å². The summed E-state index contributed by atoms with van der Waals surface area (Å²) in [7, 11) is 1.83. The number of amides is 2. The van der Waals surface area contributed by atoms with Crippen molar-refractivity contribution in [3.63, 3.8) is 0 Å². The molecule has 5 heteroatoms. The van der Waals surface area contributed by atoms with Crippen LogP contribution in [0.1, 0.15) is 44.9 Å². The van der Waals surface area contributed by atoms with Crippen LogP contribution in [0.5, 0.6) is 0 Å². The van der Waals surface area contributed by atoms with Gasteiger partial charge in [0.25, 0.3) is 0 Å². The zero-order valence-corrected chi connectivity index (χ0v) is 13.2. The van der Waals surface area contributed by atoms with E-state index in [-0.39, 0.29) is 11.8 Å². The highest BCUT2D eigenvalue weighted by molar-refractivity contribution is 5.83. The predicted octanol–water partition coefficient (Wildman–Crippen LogP) is 1.66. The number of hydrogen-bond acceptors (Lipinski definition) is 3. The van der Waals surface area contributed by atoms with E-state index in [1.54, 1.807) is 4.90 Å². The molecule has 0 aromatic heterocycles. The molecule has 2 heterocycles. The fourth-order valence-corrected chi connectivity index (χ4v) is 3.10. The molecule has 2 amide bonds. The van der Waals surface area contributed by atoms with E-state index in [2.05, 4.69) is 0 Å². The van der Waals surface area contributed by atoms with Gasteiger partial charge in [0.2, 0.25) is 11.8 Å². The second-order valence-corrected chi connectivity index (χ2v) is 6.30. The highest BCUT2D eigenvalue weighted by atomic mass is 16.5. The van der Waals surface area contributed by atoms with Gasteiger partial charge in [0.05, 0.1) is 6.61 Å². The minimum Gasteiger partial charge on any atom is -0.381 e. The summed E-state index contributed by atoms with van der Waals surface area (Å²) in [4.78, 5) is 28.0. The van der Waals surface area contributed by atoms with E-state index in [0.717, 1.165) is 52.1 Å². The van der Waals surface area contributed by atoms with Crippen LogP contribution in [0.25, 0.3) is 0 Å². The molecule has 0 N–H and O–H groups in total. The summed E-state index contributed by atoms with van der Waals surface area (Å²) >= 11 is 0. The molecule has 0 radical (unpaired) electrons. The van der Waals surface area contributed by atoms with Crippen molar-refractivity contribution in [1.29, 1.82) is 0 Å². The molecule has 2 aliphatic rings. The summed E-state index contributed by atoms with van der Waals surface area (Å²) in [6, 6.07) is 0. The molecule has 0 aliphatic carbocycles. The topological polar surface area (TPSA) is 49.9 Å². The van der Waals surface area contributed by atoms with E-state index in [4.69, 9.17) is 4.74 Å². The van der Waals surface area contributed by atoms with E-state index in [9.17, 15) is 9.59 Å². The van der Waals surface area contributed by atoms with E-state index in [1.807, 2.05) is 11.9 Å². The van der Waals surface area contributed by atoms with Crippen molar-refractivity contribution < 1.29 is 14.3 Å². The highest BCUT2D eigenvalue weighted by Gasteiger charge is 2.21. The van der Waals surface area contributed by atoms with Crippen molar-refractivity contribution >= 4 is 11.8 Å². The highest BCUT2D eigenvalue weighted by Crippen LogP contribution is 2.15. The minimum absolute atomic E-state index is 0.0741. The Labute approximate surface area is 127 Å². The number of ether oxygens (including phenoxy) is 1. The SMILES string of the molecule is CN(C[C@@H]1CCOC1)C(=O)CCC(=O)N1CCCCCC1. The third-order valence-electron chi connectivity index (χ3n) is 4.49. The van der Waals surface area contributed by atoms with Crippen LogP contribution >= 0.6 is 0 Å². The third kappa shape index (κ3) is 5.30. The lowest BCUT2D eigenvalue weighted by atomic mass is 10.1. The van der Waals surface area contributed by atoms with E-state index in [0.29, 0.717) is 18.8 Å². The number of likely N-dealkylation sites (tertiary alicyclic amines) is 1. The van der Waals surface area contributed by atoms with E-state index >= 15 is 0 Å². The van der Waals surface area contributed by atoms with Crippen molar-refractivity contribution in [3.8, 4) is 0 Å².